The lowest BCUT2D eigenvalue weighted by Gasteiger charge is -2.33. The fourth-order valence-corrected chi connectivity index (χ4v) is 3.80. The second-order valence-electron chi connectivity index (χ2n) is 5.16. The zero-order valence-corrected chi connectivity index (χ0v) is 13.0. The average molecular weight is 312 g/mol. The van der Waals surface area contributed by atoms with Crippen molar-refractivity contribution in [2.45, 2.75) is 24.8 Å². The van der Waals surface area contributed by atoms with Crippen molar-refractivity contribution in [2.75, 3.05) is 26.2 Å². The van der Waals surface area contributed by atoms with Crippen LogP contribution >= 0.6 is 0 Å². The minimum absolute atomic E-state index is 0.0387. The highest BCUT2D eigenvalue weighted by atomic mass is 32.2. The normalized spacial score (nSPS) is 18.5. The predicted octanol–water partition coefficient (Wildman–Crippen LogP) is 0.593. The molecule has 0 spiro atoms. The van der Waals surface area contributed by atoms with Gasteiger partial charge in [0.2, 0.25) is 15.9 Å². The highest BCUT2D eigenvalue weighted by molar-refractivity contribution is 7.89. The molecule has 1 amide bonds. The molecule has 0 aliphatic carbocycles. The Morgan fingerprint density at radius 1 is 1.24 bits per heavy atom. The fraction of sp³-hybridized carbons (Fsp3) is 0.500. The summed E-state index contributed by atoms with van der Waals surface area (Å²) >= 11 is 0. The highest BCUT2D eigenvalue weighted by Crippen LogP contribution is 2.21. The molecule has 1 saturated heterocycles. The molecule has 2 rings (SSSR count). The standard InChI is InChI=1S/C14H20N2O4S/c1-11(17)13-4-3-5-14(10-13)21(19,20)16-8-6-15(7-9-16)12(2)18/h3-5,10-11,17H,6-9H2,1-2H3. The van der Waals surface area contributed by atoms with Crippen molar-refractivity contribution < 1.29 is 18.3 Å². The second-order valence-corrected chi connectivity index (χ2v) is 7.10. The summed E-state index contributed by atoms with van der Waals surface area (Å²) in [6.07, 6.45) is -0.713. The molecule has 21 heavy (non-hydrogen) atoms. The van der Waals surface area contributed by atoms with Gasteiger partial charge in [0.1, 0.15) is 0 Å². The third-order valence-corrected chi connectivity index (χ3v) is 5.56. The van der Waals surface area contributed by atoms with Crippen LogP contribution in [0.5, 0.6) is 0 Å². The minimum Gasteiger partial charge on any atom is -0.389 e. The van der Waals surface area contributed by atoms with Crippen LogP contribution in [0.2, 0.25) is 0 Å². The van der Waals surface area contributed by atoms with Gasteiger partial charge in [-0.1, -0.05) is 12.1 Å². The van der Waals surface area contributed by atoms with Crippen LogP contribution in [-0.4, -0.2) is 54.8 Å². The Morgan fingerprint density at radius 3 is 2.38 bits per heavy atom. The molecule has 1 aromatic carbocycles. The number of piperazine rings is 1. The Balaban J connectivity index is 2.19. The van der Waals surface area contributed by atoms with Crippen LogP contribution in [0.25, 0.3) is 0 Å². The van der Waals surface area contributed by atoms with Gasteiger partial charge in [0.05, 0.1) is 11.0 Å². The Labute approximate surface area is 125 Å². The molecule has 7 heteroatoms. The summed E-state index contributed by atoms with van der Waals surface area (Å²) in [5, 5.41) is 9.57. The molecule has 1 fully saturated rings. The molecule has 0 radical (unpaired) electrons. The van der Waals surface area contributed by atoms with E-state index in [-0.39, 0.29) is 10.8 Å². The average Bonchev–Trinajstić information content (AvgIpc) is 2.47. The summed E-state index contributed by atoms with van der Waals surface area (Å²) in [5.41, 5.74) is 0.568. The Kier molecular flexibility index (Phi) is 4.65. The van der Waals surface area contributed by atoms with Gasteiger partial charge in [0.25, 0.3) is 0 Å². The van der Waals surface area contributed by atoms with E-state index in [1.807, 2.05) is 0 Å². The van der Waals surface area contributed by atoms with Crippen molar-refractivity contribution in [2.24, 2.45) is 0 Å². The van der Waals surface area contributed by atoms with Crippen LogP contribution in [0.4, 0.5) is 0 Å². The first-order valence-corrected chi connectivity index (χ1v) is 8.30. The maximum absolute atomic E-state index is 12.6. The smallest absolute Gasteiger partial charge is 0.243 e. The molecule has 116 valence electrons. The number of sulfonamides is 1. The first kappa shape index (κ1) is 15.9. The van der Waals surface area contributed by atoms with E-state index in [2.05, 4.69) is 0 Å². The summed E-state index contributed by atoms with van der Waals surface area (Å²) in [5.74, 6) is -0.0387. The predicted molar refractivity (Wildman–Crippen MR) is 78.1 cm³/mol. The Morgan fingerprint density at radius 2 is 1.86 bits per heavy atom. The van der Waals surface area contributed by atoms with Crippen LogP contribution in [0.15, 0.2) is 29.2 Å². The lowest BCUT2D eigenvalue weighted by molar-refractivity contribution is -0.129. The van der Waals surface area contributed by atoms with Gasteiger partial charge in [-0.3, -0.25) is 4.79 Å². The number of rotatable bonds is 3. The molecule has 1 aliphatic heterocycles. The zero-order valence-electron chi connectivity index (χ0n) is 12.2. The summed E-state index contributed by atoms with van der Waals surface area (Å²) in [4.78, 5) is 13.1. The number of amides is 1. The zero-order chi connectivity index (χ0) is 15.6. The minimum atomic E-state index is -3.58. The van der Waals surface area contributed by atoms with Crippen molar-refractivity contribution in [3.8, 4) is 0 Å². The van der Waals surface area contributed by atoms with Crippen molar-refractivity contribution in [3.63, 3.8) is 0 Å². The van der Waals surface area contributed by atoms with Crippen molar-refractivity contribution >= 4 is 15.9 Å². The quantitative estimate of drug-likeness (QED) is 0.886. The molecule has 1 unspecified atom stereocenters. The molecule has 1 aromatic rings. The summed E-state index contributed by atoms with van der Waals surface area (Å²) in [7, 11) is -3.58. The van der Waals surface area contributed by atoms with Crippen LogP contribution in [0, 0.1) is 0 Å². The molecule has 6 nitrogen and oxygen atoms in total. The SMILES string of the molecule is CC(=O)N1CCN(S(=O)(=O)c2cccc(C(C)O)c2)CC1. The molecular formula is C14H20N2O4S. The summed E-state index contributed by atoms with van der Waals surface area (Å²) < 4.78 is 26.5. The lowest BCUT2D eigenvalue weighted by Crippen LogP contribution is -2.49. The topological polar surface area (TPSA) is 77.9 Å². The molecule has 1 aliphatic rings. The van der Waals surface area contributed by atoms with Gasteiger partial charge in [0, 0.05) is 33.1 Å². The highest BCUT2D eigenvalue weighted by Gasteiger charge is 2.29. The first-order valence-electron chi connectivity index (χ1n) is 6.86. The summed E-state index contributed by atoms with van der Waals surface area (Å²) in [6.45, 7) is 4.48. The maximum atomic E-state index is 12.6. The van der Waals surface area contributed by atoms with E-state index in [1.165, 1.54) is 23.4 Å². The molecule has 1 N–H and O–H groups in total. The van der Waals surface area contributed by atoms with Crippen LogP contribution < -0.4 is 0 Å². The van der Waals surface area contributed by atoms with Gasteiger partial charge in [-0.2, -0.15) is 4.31 Å². The van der Waals surface area contributed by atoms with E-state index in [9.17, 15) is 18.3 Å². The molecule has 0 bridgehead atoms. The maximum Gasteiger partial charge on any atom is 0.243 e. The summed E-state index contributed by atoms with van der Waals surface area (Å²) in [6, 6.07) is 6.34. The number of hydrogen-bond acceptors (Lipinski definition) is 4. The third-order valence-electron chi connectivity index (χ3n) is 3.66. The van der Waals surface area contributed by atoms with Crippen LogP contribution in [0.3, 0.4) is 0 Å². The molecular weight excluding hydrogens is 292 g/mol. The van der Waals surface area contributed by atoms with Gasteiger partial charge in [0.15, 0.2) is 0 Å². The van der Waals surface area contributed by atoms with Crippen LogP contribution in [-0.2, 0) is 14.8 Å². The molecule has 1 heterocycles. The second kappa shape index (κ2) is 6.13. The number of nitrogens with zero attached hydrogens (tertiary/aromatic N) is 2. The number of carbonyl (C=O) groups excluding carboxylic acids is 1. The number of aliphatic hydroxyl groups is 1. The first-order chi connectivity index (χ1) is 9.82. The van der Waals surface area contributed by atoms with Crippen LogP contribution in [0.1, 0.15) is 25.5 Å². The van der Waals surface area contributed by atoms with E-state index in [0.29, 0.717) is 31.7 Å². The van der Waals surface area contributed by atoms with E-state index < -0.39 is 16.1 Å². The number of benzene rings is 1. The van der Waals surface area contributed by atoms with Crippen molar-refractivity contribution in [1.82, 2.24) is 9.21 Å². The monoisotopic (exact) mass is 312 g/mol. The molecule has 1 atom stereocenters. The number of carbonyl (C=O) groups is 1. The van der Waals surface area contributed by atoms with E-state index in [0.717, 1.165) is 0 Å². The Bertz CT molecular complexity index is 620. The van der Waals surface area contributed by atoms with Gasteiger partial charge >= 0.3 is 0 Å². The van der Waals surface area contributed by atoms with E-state index in [4.69, 9.17) is 0 Å². The number of hydrogen-bond donors (Lipinski definition) is 1. The van der Waals surface area contributed by atoms with Gasteiger partial charge in [-0.05, 0) is 24.6 Å². The third kappa shape index (κ3) is 3.42. The Hall–Kier alpha value is -1.44. The van der Waals surface area contributed by atoms with E-state index >= 15 is 0 Å². The van der Waals surface area contributed by atoms with Gasteiger partial charge in [-0.25, -0.2) is 8.42 Å². The van der Waals surface area contributed by atoms with Gasteiger partial charge in [-0.15, -0.1) is 0 Å². The molecule has 0 aromatic heterocycles. The van der Waals surface area contributed by atoms with Gasteiger partial charge < -0.3 is 10.0 Å². The lowest BCUT2D eigenvalue weighted by atomic mass is 10.1. The fourth-order valence-electron chi connectivity index (χ4n) is 2.33. The number of aliphatic hydroxyl groups excluding tert-OH is 1. The van der Waals surface area contributed by atoms with Crippen molar-refractivity contribution in [1.29, 1.82) is 0 Å². The largest absolute Gasteiger partial charge is 0.389 e. The molecule has 0 saturated carbocycles. The van der Waals surface area contributed by atoms with Crippen molar-refractivity contribution in [3.05, 3.63) is 29.8 Å². The van der Waals surface area contributed by atoms with E-state index in [1.54, 1.807) is 24.0 Å².